The largest absolute Gasteiger partial charge is 0.308 e. The molecule has 138 valence electrons. The van der Waals surface area contributed by atoms with E-state index in [4.69, 9.17) is 0 Å². The summed E-state index contributed by atoms with van der Waals surface area (Å²) in [7, 11) is 0. The summed E-state index contributed by atoms with van der Waals surface area (Å²) in [4.78, 5) is 23.9. The molecule has 4 rings (SSSR count). The smallest absolute Gasteiger partial charge is 0.228 e. The van der Waals surface area contributed by atoms with E-state index in [1.165, 1.54) is 6.42 Å². The number of anilines is 1. The molecule has 0 atom stereocenters. The molecule has 1 aromatic heterocycles. The first-order chi connectivity index (χ1) is 13.1. The van der Waals surface area contributed by atoms with Crippen molar-refractivity contribution in [2.75, 3.05) is 5.32 Å². The number of aromatic amines is 1. The van der Waals surface area contributed by atoms with Crippen molar-refractivity contribution in [1.82, 2.24) is 10.2 Å². The highest BCUT2D eigenvalue weighted by Crippen LogP contribution is 2.29. The van der Waals surface area contributed by atoms with Gasteiger partial charge in [0.05, 0.1) is 5.52 Å². The van der Waals surface area contributed by atoms with Gasteiger partial charge in [-0.05, 0) is 43.0 Å². The number of carbonyl (C=O) groups excluding carboxylic acids is 2. The van der Waals surface area contributed by atoms with Gasteiger partial charge in [-0.1, -0.05) is 49.6 Å². The highest BCUT2D eigenvalue weighted by atomic mass is 16.2. The molecule has 0 aliphatic heterocycles. The van der Waals surface area contributed by atoms with Crippen LogP contribution in [0.5, 0.6) is 0 Å². The molecule has 2 aromatic carbocycles. The van der Waals surface area contributed by atoms with E-state index in [1.54, 1.807) is 6.92 Å². The van der Waals surface area contributed by atoms with Gasteiger partial charge in [0.15, 0.2) is 11.6 Å². The number of benzene rings is 2. The topological polar surface area (TPSA) is 74.8 Å². The third-order valence-electron chi connectivity index (χ3n) is 5.41. The zero-order valence-corrected chi connectivity index (χ0v) is 15.4. The molecule has 2 N–H and O–H groups in total. The van der Waals surface area contributed by atoms with Crippen molar-refractivity contribution in [2.45, 2.75) is 39.0 Å². The zero-order chi connectivity index (χ0) is 18.8. The number of hydrogen-bond acceptors (Lipinski definition) is 3. The number of fused-ring (bicyclic) bond motifs is 1. The van der Waals surface area contributed by atoms with Gasteiger partial charge >= 0.3 is 0 Å². The summed E-state index contributed by atoms with van der Waals surface area (Å²) >= 11 is 0. The normalized spacial score (nSPS) is 15.0. The van der Waals surface area contributed by atoms with Gasteiger partial charge in [-0.25, -0.2) is 0 Å². The Morgan fingerprint density at radius 1 is 1.00 bits per heavy atom. The minimum absolute atomic E-state index is 0.0592. The molecule has 1 aliphatic rings. The van der Waals surface area contributed by atoms with Crippen LogP contribution in [0.3, 0.4) is 0 Å². The highest BCUT2D eigenvalue weighted by Gasteiger charge is 2.22. The lowest BCUT2D eigenvalue weighted by atomic mass is 9.89. The first-order valence-electron chi connectivity index (χ1n) is 9.52. The minimum Gasteiger partial charge on any atom is -0.308 e. The second kappa shape index (κ2) is 7.35. The van der Waals surface area contributed by atoms with Crippen LogP contribution in [0.4, 0.5) is 5.82 Å². The van der Waals surface area contributed by atoms with Crippen molar-refractivity contribution in [1.29, 1.82) is 0 Å². The van der Waals surface area contributed by atoms with Crippen LogP contribution >= 0.6 is 0 Å². The number of hydrogen-bond donors (Lipinski definition) is 2. The third kappa shape index (κ3) is 3.63. The Bertz CT molecular complexity index is 982. The molecule has 0 bridgehead atoms. The van der Waals surface area contributed by atoms with Gasteiger partial charge in [0, 0.05) is 16.9 Å². The molecule has 0 spiro atoms. The Kier molecular flexibility index (Phi) is 4.75. The van der Waals surface area contributed by atoms with Crippen molar-refractivity contribution < 1.29 is 9.59 Å². The summed E-state index contributed by atoms with van der Waals surface area (Å²) in [6, 6.07) is 13.6. The average molecular weight is 361 g/mol. The molecule has 0 radical (unpaired) electrons. The predicted octanol–water partition coefficient (Wildman–Crippen LogP) is 4.95. The van der Waals surface area contributed by atoms with Crippen LogP contribution in [0.25, 0.3) is 22.0 Å². The van der Waals surface area contributed by atoms with E-state index in [1.807, 2.05) is 42.5 Å². The number of H-pyrrole nitrogens is 1. The number of aromatic nitrogens is 2. The van der Waals surface area contributed by atoms with Crippen molar-refractivity contribution in [2.24, 2.45) is 5.92 Å². The van der Waals surface area contributed by atoms with Crippen molar-refractivity contribution in [3.05, 3.63) is 48.0 Å². The minimum atomic E-state index is 0.0592. The van der Waals surface area contributed by atoms with Crippen molar-refractivity contribution in [3.8, 4) is 11.1 Å². The molecule has 5 heteroatoms. The van der Waals surface area contributed by atoms with Gasteiger partial charge in [0.1, 0.15) is 0 Å². The fourth-order valence-electron chi connectivity index (χ4n) is 3.78. The van der Waals surface area contributed by atoms with E-state index in [0.29, 0.717) is 11.4 Å². The molecule has 1 heterocycles. The van der Waals surface area contributed by atoms with Gasteiger partial charge in [-0.2, -0.15) is 5.10 Å². The van der Waals surface area contributed by atoms with Gasteiger partial charge in [0.25, 0.3) is 0 Å². The summed E-state index contributed by atoms with van der Waals surface area (Å²) in [6.45, 7) is 1.56. The van der Waals surface area contributed by atoms with Crippen LogP contribution < -0.4 is 5.32 Å². The summed E-state index contributed by atoms with van der Waals surface area (Å²) in [5.74, 6) is 0.833. The predicted molar refractivity (Wildman–Crippen MR) is 107 cm³/mol. The van der Waals surface area contributed by atoms with Crippen LogP contribution in [0.15, 0.2) is 42.5 Å². The lowest BCUT2D eigenvalue weighted by Gasteiger charge is -2.20. The first kappa shape index (κ1) is 17.5. The van der Waals surface area contributed by atoms with Gasteiger partial charge in [-0.15, -0.1) is 0 Å². The standard InChI is InChI=1S/C22H23N3O2/c1-14(26)15-7-9-16(10-8-15)18-11-12-19-20(13-18)24-25-21(19)23-22(27)17-5-3-2-4-6-17/h7-13,17H,2-6H2,1H3,(H2,23,24,25,27). The van der Waals surface area contributed by atoms with Crippen molar-refractivity contribution in [3.63, 3.8) is 0 Å². The van der Waals surface area contributed by atoms with Crippen molar-refractivity contribution >= 4 is 28.4 Å². The fourth-order valence-corrected chi connectivity index (χ4v) is 3.78. The van der Waals surface area contributed by atoms with Gasteiger partial charge in [0.2, 0.25) is 5.91 Å². The van der Waals surface area contributed by atoms with Crippen LogP contribution in [0, 0.1) is 5.92 Å². The lowest BCUT2D eigenvalue weighted by molar-refractivity contribution is -0.120. The van der Waals surface area contributed by atoms with Gasteiger partial charge < -0.3 is 5.32 Å². The number of nitrogens with one attached hydrogen (secondary N) is 2. The van der Waals surface area contributed by atoms with Crippen LogP contribution in [0.2, 0.25) is 0 Å². The molecule has 3 aromatic rings. The number of Topliss-reactive ketones (excluding diaryl/α,β-unsaturated/α-hetero) is 1. The number of ketones is 1. The van der Waals surface area contributed by atoms with Gasteiger partial charge in [-0.3, -0.25) is 14.7 Å². The molecule has 1 saturated carbocycles. The van der Waals surface area contributed by atoms with Crippen LogP contribution in [0.1, 0.15) is 49.4 Å². The summed E-state index contributed by atoms with van der Waals surface area (Å²) < 4.78 is 0. The molecule has 5 nitrogen and oxygen atoms in total. The van der Waals surface area contributed by atoms with E-state index < -0.39 is 0 Å². The second-order valence-electron chi connectivity index (χ2n) is 7.29. The Labute approximate surface area is 158 Å². The SMILES string of the molecule is CC(=O)c1ccc(-c2ccc3c(NC(=O)C4CCCCC4)n[nH]c3c2)cc1. The average Bonchev–Trinajstić information content (AvgIpc) is 3.10. The Balaban J connectivity index is 1.56. The number of rotatable bonds is 4. The molecule has 0 unspecified atom stereocenters. The third-order valence-corrected chi connectivity index (χ3v) is 5.41. The lowest BCUT2D eigenvalue weighted by Crippen LogP contribution is -2.24. The van der Waals surface area contributed by atoms with E-state index in [-0.39, 0.29) is 17.6 Å². The Morgan fingerprint density at radius 3 is 2.41 bits per heavy atom. The maximum Gasteiger partial charge on any atom is 0.228 e. The molecule has 27 heavy (non-hydrogen) atoms. The molecule has 1 amide bonds. The first-order valence-corrected chi connectivity index (χ1v) is 9.52. The van der Waals surface area contributed by atoms with Crippen LogP contribution in [-0.4, -0.2) is 21.9 Å². The second-order valence-corrected chi connectivity index (χ2v) is 7.29. The quantitative estimate of drug-likeness (QED) is 0.646. The number of nitrogens with zero attached hydrogens (tertiary/aromatic N) is 1. The number of carbonyl (C=O) groups is 2. The monoisotopic (exact) mass is 361 g/mol. The van der Waals surface area contributed by atoms with E-state index >= 15 is 0 Å². The molecular formula is C22H23N3O2. The maximum absolute atomic E-state index is 12.5. The van der Waals surface area contributed by atoms with Crippen LogP contribution in [-0.2, 0) is 4.79 Å². The Morgan fingerprint density at radius 2 is 1.70 bits per heavy atom. The molecule has 1 fully saturated rings. The summed E-state index contributed by atoms with van der Waals surface area (Å²) in [5.41, 5.74) is 3.65. The maximum atomic E-state index is 12.5. The van der Waals surface area contributed by atoms with E-state index in [9.17, 15) is 9.59 Å². The molecule has 0 saturated heterocycles. The zero-order valence-electron chi connectivity index (χ0n) is 15.4. The Hall–Kier alpha value is -2.95. The number of amides is 1. The summed E-state index contributed by atoms with van der Waals surface area (Å²) in [6.07, 6.45) is 5.42. The molecular weight excluding hydrogens is 338 g/mol. The molecule has 1 aliphatic carbocycles. The fraction of sp³-hybridized carbons (Fsp3) is 0.318. The highest BCUT2D eigenvalue weighted by molar-refractivity contribution is 6.01. The van der Waals surface area contributed by atoms with E-state index in [2.05, 4.69) is 15.5 Å². The summed E-state index contributed by atoms with van der Waals surface area (Å²) in [5, 5.41) is 11.2. The van der Waals surface area contributed by atoms with E-state index in [0.717, 1.165) is 47.7 Å².